The van der Waals surface area contributed by atoms with Gasteiger partial charge in [-0.25, -0.2) is 4.98 Å². The largest absolute Gasteiger partial charge is 0.396 e. The molecular weight excluding hydrogens is 286 g/mol. The predicted octanol–water partition coefficient (Wildman–Crippen LogP) is 1.99. The minimum Gasteiger partial charge on any atom is -0.396 e. The Balaban J connectivity index is 2.06. The Morgan fingerprint density at radius 3 is 2.71 bits per heavy atom. The molecule has 1 amide bonds. The van der Waals surface area contributed by atoms with Crippen LogP contribution in [0.4, 0.5) is 10.8 Å². The summed E-state index contributed by atoms with van der Waals surface area (Å²) < 4.78 is 0. The minimum atomic E-state index is -0.0215. The van der Waals surface area contributed by atoms with Gasteiger partial charge >= 0.3 is 0 Å². The third-order valence-corrected chi connectivity index (χ3v) is 3.96. The van der Waals surface area contributed by atoms with E-state index in [2.05, 4.69) is 4.98 Å². The van der Waals surface area contributed by atoms with E-state index in [4.69, 9.17) is 5.11 Å². The zero-order valence-electron chi connectivity index (χ0n) is 12.0. The van der Waals surface area contributed by atoms with Crippen molar-refractivity contribution in [3.8, 4) is 0 Å². The fourth-order valence-corrected chi connectivity index (χ4v) is 2.58. The highest BCUT2D eigenvalue weighted by molar-refractivity contribution is 7.13. The summed E-state index contributed by atoms with van der Waals surface area (Å²) >= 11 is 1.44. The number of likely N-dealkylation sites (N-methyl/N-ethyl adjacent to an activating group) is 1. The van der Waals surface area contributed by atoms with E-state index >= 15 is 0 Å². The topological polar surface area (TPSA) is 56.7 Å². The molecule has 2 aromatic rings. The number of rotatable bonds is 7. The van der Waals surface area contributed by atoms with Gasteiger partial charge in [-0.3, -0.25) is 9.69 Å². The maximum absolute atomic E-state index is 12.4. The molecule has 21 heavy (non-hydrogen) atoms. The number of carbonyl (C=O) groups is 1. The van der Waals surface area contributed by atoms with Crippen molar-refractivity contribution in [3.63, 3.8) is 0 Å². The Morgan fingerprint density at radius 2 is 2.10 bits per heavy atom. The van der Waals surface area contributed by atoms with Crippen molar-refractivity contribution >= 4 is 28.1 Å². The number of aliphatic hydroxyl groups excluding tert-OH is 1. The Hall–Kier alpha value is -1.92. The Morgan fingerprint density at radius 1 is 1.33 bits per heavy atom. The van der Waals surface area contributed by atoms with Crippen LogP contribution >= 0.6 is 11.3 Å². The lowest BCUT2D eigenvalue weighted by Crippen LogP contribution is -2.39. The van der Waals surface area contributed by atoms with Crippen molar-refractivity contribution in [1.29, 1.82) is 0 Å². The molecule has 1 aromatic heterocycles. The van der Waals surface area contributed by atoms with Gasteiger partial charge in [-0.1, -0.05) is 18.2 Å². The second-order valence-corrected chi connectivity index (χ2v) is 5.47. The quantitative estimate of drug-likeness (QED) is 0.850. The van der Waals surface area contributed by atoms with Gasteiger partial charge < -0.3 is 10.0 Å². The van der Waals surface area contributed by atoms with Gasteiger partial charge in [0, 0.05) is 37.5 Å². The first-order valence-corrected chi connectivity index (χ1v) is 7.67. The summed E-state index contributed by atoms with van der Waals surface area (Å²) in [6, 6.07) is 9.76. The lowest BCUT2D eigenvalue weighted by molar-refractivity contribution is -0.117. The first kappa shape index (κ1) is 15.5. The van der Waals surface area contributed by atoms with Crippen LogP contribution in [-0.2, 0) is 4.79 Å². The smallest absolute Gasteiger partial charge is 0.248 e. The van der Waals surface area contributed by atoms with E-state index in [1.165, 1.54) is 11.3 Å². The second-order valence-electron chi connectivity index (χ2n) is 4.60. The number of hydrogen-bond acceptors (Lipinski definition) is 5. The summed E-state index contributed by atoms with van der Waals surface area (Å²) in [4.78, 5) is 20.1. The molecule has 0 radical (unpaired) electrons. The molecule has 0 aliphatic rings. The second kappa shape index (κ2) is 7.75. The standard InChI is InChI=1S/C15H19N3O2S/c1-17(15-16-8-11-21-15)14(20)12-18(9-5-10-19)13-6-3-2-4-7-13/h2-4,6-8,11,19H,5,9-10,12H2,1H3. The van der Waals surface area contributed by atoms with Gasteiger partial charge in [0.25, 0.3) is 0 Å². The molecule has 0 fully saturated rings. The van der Waals surface area contributed by atoms with E-state index in [9.17, 15) is 4.79 Å². The van der Waals surface area contributed by atoms with Crippen LogP contribution in [0.3, 0.4) is 0 Å². The van der Waals surface area contributed by atoms with Gasteiger partial charge in [0.2, 0.25) is 5.91 Å². The maximum atomic E-state index is 12.4. The molecule has 6 heteroatoms. The first-order valence-electron chi connectivity index (χ1n) is 6.79. The minimum absolute atomic E-state index is 0.0215. The molecule has 1 aromatic carbocycles. The van der Waals surface area contributed by atoms with E-state index in [1.807, 2.05) is 40.6 Å². The summed E-state index contributed by atoms with van der Waals surface area (Å²) in [7, 11) is 1.73. The van der Waals surface area contributed by atoms with Crippen LogP contribution in [0.25, 0.3) is 0 Å². The highest BCUT2D eigenvalue weighted by Crippen LogP contribution is 2.18. The van der Waals surface area contributed by atoms with E-state index in [1.54, 1.807) is 18.1 Å². The van der Waals surface area contributed by atoms with Crippen molar-refractivity contribution in [1.82, 2.24) is 4.98 Å². The fraction of sp³-hybridized carbons (Fsp3) is 0.333. The van der Waals surface area contributed by atoms with Gasteiger partial charge in [0.15, 0.2) is 5.13 Å². The summed E-state index contributed by atoms with van der Waals surface area (Å²) in [5.41, 5.74) is 0.979. The number of amides is 1. The number of nitrogens with zero attached hydrogens (tertiary/aromatic N) is 3. The van der Waals surface area contributed by atoms with Gasteiger partial charge in [0.1, 0.15) is 0 Å². The number of aromatic nitrogens is 1. The van der Waals surface area contributed by atoms with E-state index in [0.717, 1.165) is 5.69 Å². The molecule has 1 heterocycles. The van der Waals surface area contributed by atoms with Gasteiger partial charge in [-0.15, -0.1) is 11.3 Å². The van der Waals surface area contributed by atoms with Crippen molar-refractivity contribution in [2.75, 3.05) is 36.5 Å². The number of thiazole rings is 1. The highest BCUT2D eigenvalue weighted by Gasteiger charge is 2.17. The molecular formula is C15H19N3O2S. The Bertz CT molecular complexity index is 545. The van der Waals surface area contributed by atoms with Crippen LogP contribution in [0.1, 0.15) is 6.42 Å². The molecule has 0 aliphatic heterocycles. The third kappa shape index (κ3) is 4.27. The van der Waals surface area contributed by atoms with Gasteiger partial charge in [-0.05, 0) is 18.6 Å². The lowest BCUT2D eigenvalue weighted by Gasteiger charge is -2.26. The average Bonchev–Trinajstić information content (AvgIpc) is 3.05. The van der Waals surface area contributed by atoms with E-state index in [0.29, 0.717) is 18.1 Å². The van der Waals surface area contributed by atoms with Crippen LogP contribution in [-0.4, -0.2) is 42.7 Å². The summed E-state index contributed by atoms with van der Waals surface area (Å²) in [5.74, 6) is -0.0215. The number of anilines is 2. The molecule has 0 bridgehead atoms. The van der Waals surface area contributed by atoms with E-state index in [-0.39, 0.29) is 19.1 Å². The third-order valence-electron chi connectivity index (χ3n) is 3.11. The van der Waals surface area contributed by atoms with Crippen LogP contribution < -0.4 is 9.80 Å². The molecule has 5 nitrogen and oxygen atoms in total. The molecule has 0 saturated carbocycles. The molecule has 1 N–H and O–H groups in total. The van der Waals surface area contributed by atoms with Gasteiger partial charge in [-0.2, -0.15) is 0 Å². The molecule has 0 aliphatic carbocycles. The van der Waals surface area contributed by atoms with Crippen LogP contribution in [0.2, 0.25) is 0 Å². The summed E-state index contributed by atoms with van der Waals surface area (Å²) in [5, 5.41) is 11.6. The predicted molar refractivity (Wildman–Crippen MR) is 85.9 cm³/mol. The van der Waals surface area contributed by atoms with Crippen LogP contribution in [0.15, 0.2) is 41.9 Å². The zero-order chi connectivity index (χ0) is 15.1. The summed E-state index contributed by atoms with van der Waals surface area (Å²) in [6.45, 7) is 1.01. The Labute approximate surface area is 128 Å². The molecule has 0 spiro atoms. The monoisotopic (exact) mass is 305 g/mol. The van der Waals surface area contributed by atoms with Crippen molar-refractivity contribution in [2.24, 2.45) is 0 Å². The summed E-state index contributed by atoms with van der Waals surface area (Å²) in [6.07, 6.45) is 2.31. The van der Waals surface area contributed by atoms with Crippen molar-refractivity contribution < 1.29 is 9.90 Å². The SMILES string of the molecule is CN(C(=O)CN(CCCO)c1ccccc1)c1nccs1. The first-order chi connectivity index (χ1) is 10.2. The molecule has 0 unspecified atom stereocenters. The Kier molecular flexibility index (Phi) is 5.71. The number of aliphatic hydroxyl groups is 1. The maximum Gasteiger partial charge on any atom is 0.248 e. The molecule has 112 valence electrons. The zero-order valence-corrected chi connectivity index (χ0v) is 12.8. The van der Waals surface area contributed by atoms with Gasteiger partial charge in [0.05, 0.1) is 6.54 Å². The van der Waals surface area contributed by atoms with Crippen LogP contribution in [0, 0.1) is 0 Å². The normalized spacial score (nSPS) is 10.4. The van der Waals surface area contributed by atoms with Crippen molar-refractivity contribution in [3.05, 3.63) is 41.9 Å². The van der Waals surface area contributed by atoms with E-state index < -0.39 is 0 Å². The number of carbonyl (C=O) groups excluding carboxylic acids is 1. The lowest BCUT2D eigenvalue weighted by atomic mass is 10.2. The number of hydrogen-bond donors (Lipinski definition) is 1. The molecule has 0 saturated heterocycles. The number of benzene rings is 1. The van der Waals surface area contributed by atoms with Crippen LogP contribution in [0.5, 0.6) is 0 Å². The molecule has 0 atom stereocenters. The molecule has 2 rings (SSSR count). The average molecular weight is 305 g/mol. The van der Waals surface area contributed by atoms with Crippen molar-refractivity contribution in [2.45, 2.75) is 6.42 Å². The number of para-hydroxylation sites is 1. The fourth-order valence-electron chi connectivity index (χ4n) is 1.96. The highest BCUT2D eigenvalue weighted by atomic mass is 32.1.